The van der Waals surface area contributed by atoms with Crippen molar-refractivity contribution in [2.75, 3.05) is 16.4 Å². The molecule has 0 spiro atoms. The molecule has 0 atom stereocenters. The van der Waals surface area contributed by atoms with Gasteiger partial charge in [-0.3, -0.25) is 9.69 Å². The van der Waals surface area contributed by atoms with Crippen LogP contribution in [0.1, 0.15) is 5.56 Å². The second kappa shape index (κ2) is 3.98. The molecule has 4 nitrogen and oxygen atoms in total. The molecule has 4 N–H and O–H groups in total. The molecule has 0 aliphatic carbocycles. The van der Waals surface area contributed by atoms with Crippen LogP contribution in [0, 0.1) is 5.82 Å². The van der Waals surface area contributed by atoms with Crippen molar-refractivity contribution in [3.05, 3.63) is 47.8 Å². The van der Waals surface area contributed by atoms with Crippen molar-refractivity contribution in [1.29, 1.82) is 0 Å². The maximum absolute atomic E-state index is 13.4. The van der Waals surface area contributed by atoms with Gasteiger partial charge >= 0.3 is 0 Å². The van der Waals surface area contributed by atoms with E-state index in [0.29, 0.717) is 22.7 Å². The van der Waals surface area contributed by atoms with Gasteiger partial charge in [0.2, 0.25) is 5.91 Å². The van der Waals surface area contributed by atoms with E-state index in [1.165, 1.54) is 23.1 Å². The van der Waals surface area contributed by atoms with Gasteiger partial charge in [0.25, 0.3) is 0 Å². The van der Waals surface area contributed by atoms with E-state index in [0.717, 1.165) is 5.56 Å². The van der Waals surface area contributed by atoms with Gasteiger partial charge in [0.1, 0.15) is 5.82 Å². The Morgan fingerprint density at radius 2 is 1.84 bits per heavy atom. The zero-order valence-electron chi connectivity index (χ0n) is 10.1. The van der Waals surface area contributed by atoms with Gasteiger partial charge < -0.3 is 11.5 Å². The molecule has 19 heavy (non-hydrogen) atoms. The van der Waals surface area contributed by atoms with Gasteiger partial charge in [0, 0.05) is 11.8 Å². The van der Waals surface area contributed by atoms with E-state index < -0.39 is 5.82 Å². The molecule has 0 bridgehead atoms. The number of fused-ring (bicyclic) bond motifs is 1. The minimum absolute atomic E-state index is 0.141. The molecule has 1 amide bonds. The number of anilines is 4. The molecule has 0 unspecified atom stereocenters. The fourth-order valence-corrected chi connectivity index (χ4v) is 2.32. The Labute approximate surface area is 109 Å². The first-order valence-electron chi connectivity index (χ1n) is 5.82. The van der Waals surface area contributed by atoms with Crippen LogP contribution in [0.4, 0.5) is 27.1 Å². The van der Waals surface area contributed by atoms with E-state index >= 15 is 0 Å². The summed E-state index contributed by atoms with van der Waals surface area (Å²) in [6.45, 7) is 0. The van der Waals surface area contributed by atoms with E-state index in [4.69, 9.17) is 11.5 Å². The molecule has 0 saturated carbocycles. The number of carbonyl (C=O) groups is 1. The monoisotopic (exact) mass is 257 g/mol. The Bertz CT molecular complexity index is 684. The number of amides is 1. The van der Waals surface area contributed by atoms with E-state index in [1.807, 2.05) is 0 Å². The molecule has 3 rings (SSSR count). The van der Waals surface area contributed by atoms with Crippen LogP contribution in [0.15, 0.2) is 36.4 Å². The lowest BCUT2D eigenvalue weighted by Crippen LogP contribution is -2.22. The maximum Gasteiger partial charge on any atom is 0.236 e. The van der Waals surface area contributed by atoms with Gasteiger partial charge in [0.05, 0.1) is 23.5 Å². The summed E-state index contributed by atoms with van der Waals surface area (Å²) in [4.78, 5) is 13.6. The van der Waals surface area contributed by atoms with Gasteiger partial charge in [0.15, 0.2) is 0 Å². The number of nitrogens with zero attached hydrogens (tertiary/aromatic N) is 1. The van der Waals surface area contributed by atoms with Crippen LogP contribution in [0.25, 0.3) is 0 Å². The number of nitrogens with two attached hydrogens (primary N) is 2. The summed E-state index contributed by atoms with van der Waals surface area (Å²) in [6, 6.07) is 9.19. The van der Waals surface area contributed by atoms with E-state index in [-0.39, 0.29) is 12.3 Å². The normalized spacial score (nSPS) is 13.7. The molecule has 0 fully saturated rings. The predicted molar refractivity (Wildman–Crippen MR) is 72.5 cm³/mol. The zero-order chi connectivity index (χ0) is 13.6. The SMILES string of the molecule is Nc1ccc2c(c1)CC(=O)N2c1cc(F)ccc1N. The summed E-state index contributed by atoms with van der Waals surface area (Å²) >= 11 is 0. The molecule has 0 radical (unpaired) electrons. The highest BCUT2D eigenvalue weighted by molar-refractivity contribution is 6.09. The van der Waals surface area contributed by atoms with Crippen molar-refractivity contribution in [2.24, 2.45) is 0 Å². The van der Waals surface area contributed by atoms with E-state index in [9.17, 15) is 9.18 Å². The zero-order valence-corrected chi connectivity index (χ0v) is 10.1. The summed E-state index contributed by atoms with van der Waals surface area (Å²) in [6.07, 6.45) is 0.246. The number of nitrogen functional groups attached to an aromatic ring is 2. The third-order valence-corrected chi connectivity index (χ3v) is 3.17. The van der Waals surface area contributed by atoms with Crippen molar-refractivity contribution < 1.29 is 9.18 Å². The second-order valence-electron chi connectivity index (χ2n) is 4.50. The van der Waals surface area contributed by atoms with Crippen LogP contribution in [0.3, 0.4) is 0 Å². The van der Waals surface area contributed by atoms with Crippen LogP contribution in [0.5, 0.6) is 0 Å². The first-order valence-corrected chi connectivity index (χ1v) is 5.82. The van der Waals surface area contributed by atoms with Crippen LogP contribution >= 0.6 is 0 Å². The Morgan fingerprint density at radius 3 is 2.63 bits per heavy atom. The molecule has 1 aliphatic rings. The number of benzene rings is 2. The molecular formula is C14H12FN3O. The lowest BCUT2D eigenvalue weighted by atomic mass is 10.1. The van der Waals surface area contributed by atoms with Crippen LogP contribution in [0.2, 0.25) is 0 Å². The largest absolute Gasteiger partial charge is 0.399 e. The fourth-order valence-electron chi connectivity index (χ4n) is 2.32. The summed E-state index contributed by atoms with van der Waals surface area (Å²) in [5, 5.41) is 0. The standard InChI is InChI=1S/C14H12FN3O/c15-9-1-3-11(17)13(7-9)18-12-4-2-10(16)5-8(12)6-14(18)19/h1-5,7H,6,16-17H2. The molecular weight excluding hydrogens is 245 g/mol. The molecule has 1 heterocycles. The molecule has 2 aromatic carbocycles. The molecule has 2 aromatic rings. The lowest BCUT2D eigenvalue weighted by Gasteiger charge is -2.19. The number of halogens is 1. The van der Waals surface area contributed by atoms with E-state index in [1.54, 1.807) is 18.2 Å². The Morgan fingerprint density at radius 1 is 1.05 bits per heavy atom. The van der Waals surface area contributed by atoms with Crippen molar-refractivity contribution in [3.63, 3.8) is 0 Å². The number of hydrogen-bond donors (Lipinski definition) is 2. The average Bonchev–Trinajstić information content (AvgIpc) is 2.67. The Kier molecular flexibility index (Phi) is 2.41. The van der Waals surface area contributed by atoms with Crippen LogP contribution < -0.4 is 16.4 Å². The molecule has 0 saturated heterocycles. The summed E-state index contributed by atoms with van der Waals surface area (Å²) < 4.78 is 13.4. The molecule has 96 valence electrons. The summed E-state index contributed by atoms with van der Waals surface area (Å²) in [7, 11) is 0. The maximum atomic E-state index is 13.4. The minimum Gasteiger partial charge on any atom is -0.399 e. The highest BCUT2D eigenvalue weighted by Crippen LogP contribution is 2.39. The first-order chi connectivity index (χ1) is 9.06. The van der Waals surface area contributed by atoms with Crippen molar-refractivity contribution >= 4 is 28.7 Å². The highest BCUT2D eigenvalue weighted by Gasteiger charge is 2.29. The minimum atomic E-state index is -0.430. The third-order valence-electron chi connectivity index (χ3n) is 3.17. The van der Waals surface area contributed by atoms with Gasteiger partial charge in [-0.15, -0.1) is 0 Å². The number of carbonyl (C=O) groups excluding carboxylic acids is 1. The number of hydrogen-bond acceptors (Lipinski definition) is 3. The van der Waals surface area contributed by atoms with Gasteiger partial charge in [-0.25, -0.2) is 4.39 Å². The third kappa shape index (κ3) is 1.79. The Balaban J connectivity index is 2.16. The molecule has 0 aromatic heterocycles. The van der Waals surface area contributed by atoms with Crippen molar-refractivity contribution in [2.45, 2.75) is 6.42 Å². The Hall–Kier alpha value is -2.56. The fraction of sp³-hybridized carbons (Fsp3) is 0.0714. The van der Waals surface area contributed by atoms with E-state index in [2.05, 4.69) is 0 Å². The first kappa shape index (κ1) is 11.5. The van der Waals surface area contributed by atoms with Crippen LogP contribution in [-0.2, 0) is 11.2 Å². The predicted octanol–water partition coefficient (Wildman–Crippen LogP) is 2.21. The number of rotatable bonds is 1. The highest BCUT2D eigenvalue weighted by atomic mass is 19.1. The van der Waals surface area contributed by atoms with Crippen LogP contribution in [-0.4, -0.2) is 5.91 Å². The second-order valence-corrected chi connectivity index (χ2v) is 4.50. The quantitative estimate of drug-likeness (QED) is 0.769. The smallest absolute Gasteiger partial charge is 0.236 e. The summed E-state index contributed by atoms with van der Waals surface area (Å²) in [5.74, 6) is -0.571. The average molecular weight is 257 g/mol. The lowest BCUT2D eigenvalue weighted by molar-refractivity contribution is -0.116. The van der Waals surface area contributed by atoms with Gasteiger partial charge in [-0.1, -0.05) is 0 Å². The molecule has 1 aliphatic heterocycles. The molecule has 5 heteroatoms. The topological polar surface area (TPSA) is 72.4 Å². The van der Waals surface area contributed by atoms with Crippen molar-refractivity contribution in [1.82, 2.24) is 0 Å². The van der Waals surface area contributed by atoms with Crippen molar-refractivity contribution in [3.8, 4) is 0 Å². The summed E-state index contributed by atoms with van der Waals surface area (Å²) in [5.41, 5.74) is 14.4. The van der Waals surface area contributed by atoms with Gasteiger partial charge in [-0.2, -0.15) is 0 Å². The van der Waals surface area contributed by atoms with Gasteiger partial charge in [-0.05, 0) is 35.9 Å².